The van der Waals surface area contributed by atoms with E-state index in [0.717, 1.165) is 17.8 Å². The minimum Gasteiger partial charge on any atom is -0.383 e. The maximum Gasteiger partial charge on any atom is 0.244 e. The first-order chi connectivity index (χ1) is 9.04. The second kappa shape index (κ2) is 7.96. The van der Waals surface area contributed by atoms with E-state index in [-0.39, 0.29) is 0 Å². The number of methoxy groups -OCH3 is 1. The molecule has 0 aliphatic rings. The summed E-state index contributed by atoms with van der Waals surface area (Å²) >= 11 is 1.47. The van der Waals surface area contributed by atoms with E-state index in [1.54, 1.807) is 20.2 Å². The quantitative estimate of drug-likeness (QED) is 0.703. The average Bonchev–Trinajstić information content (AvgIpc) is 2.85. The molecule has 1 N–H and O–H groups in total. The van der Waals surface area contributed by atoms with E-state index < -0.39 is 10.0 Å². The molecule has 0 radical (unpaired) electrons. The Bertz CT molecular complexity index is 471. The number of hydrogen-bond acceptors (Lipinski definition) is 5. The second-order valence-corrected chi connectivity index (χ2v) is 7.22. The molecule has 0 aliphatic heterocycles. The number of ether oxygens (including phenoxy) is 1. The Morgan fingerprint density at radius 1 is 1.47 bits per heavy atom. The molecule has 0 aromatic carbocycles. The molecule has 0 unspecified atom stereocenters. The third kappa shape index (κ3) is 4.54. The number of thiophene rings is 1. The Balaban J connectivity index is 2.80. The van der Waals surface area contributed by atoms with Crippen molar-refractivity contribution in [3.05, 3.63) is 16.3 Å². The summed E-state index contributed by atoms with van der Waals surface area (Å²) in [4.78, 5) is 1.26. The summed E-state index contributed by atoms with van der Waals surface area (Å²) < 4.78 is 31.1. The van der Waals surface area contributed by atoms with Crippen molar-refractivity contribution >= 4 is 21.4 Å². The van der Waals surface area contributed by atoms with E-state index in [0.29, 0.717) is 24.6 Å². The predicted octanol–water partition coefficient (Wildman–Crippen LogP) is 1.51. The fraction of sp³-hybridized carbons (Fsp3) is 0.667. The summed E-state index contributed by atoms with van der Waals surface area (Å²) in [6.07, 6.45) is 1.03. The van der Waals surface area contributed by atoms with Crippen LogP contribution in [0.15, 0.2) is 16.3 Å². The second-order valence-electron chi connectivity index (χ2n) is 4.20. The molecule has 1 heterocycles. The van der Waals surface area contributed by atoms with Gasteiger partial charge in [0.25, 0.3) is 0 Å². The van der Waals surface area contributed by atoms with Crippen LogP contribution in [0.2, 0.25) is 0 Å². The van der Waals surface area contributed by atoms with Gasteiger partial charge in [-0.1, -0.05) is 6.92 Å². The largest absolute Gasteiger partial charge is 0.383 e. The van der Waals surface area contributed by atoms with Gasteiger partial charge in [0.2, 0.25) is 10.0 Å². The normalized spacial score (nSPS) is 12.2. The van der Waals surface area contributed by atoms with Crippen LogP contribution in [0.25, 0.3) is 0 Å². The minimum atomic E-state index is -3.41. The van der Waals surface area contributed by atoms with Crippen molar-refractivity contribution < 1.29 is 13.2 Å². The molecule has 7 heteroatoms. The molecule has 0 amide bonds. The first kappa shape index (κ1) is 16.6. The van der Waals surface area contributed by atoms with Crippen LogP contribution in [0.1, 0.15) is 18.2 Å². The van der Waals surface area contributed by atoms with E-state index in [1.165, 1.54) is 15.6 Å². The van der Waals surface area contributed by atoms with E-state index in [9.17, 15) is 8.42 Å². The summed E-state index contributed by atoms with van der Waals surface area (Å²) in [6.45, 7) is 4.31. The highest BCUT2D eigenvalue weighted by atomic mass is 32.2. The highest BCUT2D eigenvalue weighted by Crippen LogP contribution is 2.24. The van der Waals surface area contributed by atoms with Gasteiger partial charge in [-0.3, -0.25) is 0 Å². The van der Waals surface area contributed by atoms with Gasteiger partial charge in [0.1, 0.15) is 0 Å². The van der Waals surface area contributed by atoms with Crippen LogP contribution >= 0.6 is 11.3 Å². The van der Waals surface area contributed by atoms with Gasteiger partial charge < -0.3 is 10.1 Å². The average molecular weight is 306 g/mol. The molecular weight excluding hydrogens is 284 g/mol. The fourth-order valence-electron chi connectivity index (χ4n) is 1.57. The fourth-order valence-corrected chi connectivity index (χ4v) is 4.11. The topological polar surface area (TPSA) is 58.6 Å². The van der Waals surface area contributed by atoms with E-state index in [4.69, 9.17) is 4.74 Å². The van der Waals surface area contributed by atoms with E-state index >= 15 is 0 Å². The van der Waals surface area contributed by atoms with Gasteiger partial charge in [-0.05, 0) is 24.4 Å². The maximum absolute atomic E-state index is 12.4. The molecule has 0 aliphatic carbocycles. The van der Waals surface area contributed by atoms with Gasteiger partial charge in [0.05, 0.1) is 11.5 Å². The van der Waals surface area contributed by atoms with Gasteiger partial charge >= 0.3 is 0 Å². The Morgan fingerprint density at radius 2 is 2.21 bits per heavy atom. The van der Waals surface area contributed by atoms with Crippen LogP contribution in [-0.2, 0) is 21.3 Å². The number of likely N-dealkylation sites (N-methyl/N-ethyl adjacent to an activating group) is 1. The lowest BCUT2D eigenvalue weighted by Gasteiger charge is -2.17. The summed E-state index contributed by atoms with van der Waals surface area (Å²) in [5.41, 5.74) is 0. The van der Waals surface area contributed by atoms with Crippen molar-refractivity contribution in [1.29, 1.82) is 0 Å². The number of rotatable bonds is 9. The molecule has 5 nitrogen and oxygen atoms in total. The first-order valence-corrected chi connectivity index (χ1v) is 8.58. The van der Waals surface area contributed by atoms with Crippen molar-refractivity contribution in [1.82, 2.24) is 9.62 Å². The number of hydrogen-bond donors (Lipinski definition) is 1. The maximum atomic E-state index is 12.4. The van der Waals surface area contributed by atoms with E-state index in [2.05, 4.69) is 12.2 Å². The summed E-state index contributed by atoms with van der Waals surface area (Å²) in [7, 11) is -0.273. The molecule has 0 saturated carbocycles. The van der Waals surface area contributed by atoms with Crippen molar-refractivity contribution in [2.45, 2.75) is 24.8 Å². The lowest BCUT2D eigenvalue weighted by atomic mass is 10.4. The summed E-state index contributed by atoms with van der Waals surface area (Å²) in [6, 6.07) is 1.67. The minimum absolute atomic E-state index is 0.358. The Kier molecular flexibility index (Phi) is 6.95. The number of sulfonamides is 1. The van der Waals surface area contributed by atoms with Gasteiger partial charge in [0.15, 0.2) is 0 Å². The van der Waals surface area contributed by atoms with Crippen LogP contribution in [-0.4, -0.2) is 46.6 Å². The molecule has 19 heavy (non-hydrogen) atoms. The highest BCUT2D eigenvalue weighted by Gasteiger charge is 2.24. The van der Waals surface area contributed by atoms with Crippen LogP contribution in [0, 0.1) is 0 Å². The van der Waals surface area contributed by atoms with Crippen LogP contribution in [0.5, 0.6) is 0 Å². The van der Waals surface area contributed by atoms with Gasteiger partial charge in [0, 0.05) is 32.1 Å². The number of nitrogens with one attached hydrogen (secondary N) is 1. The Hall–Kier alpha value is -0.470. The molecule has 0 saturated heterocycles. The molecule has 0 bridgehead atoms. The zero-order chi connectivity index (χ0) is 14.3. The van der Waals surface area contributed by atoms with Crippen molar-refractivity contribution in [2.75, 3.05) is 33.9 Å². The van der Waals surface area contributed by atoms with Crippen LogP contribution in [0.3, 0.4) is 0 Å². The summed E-state index contributed by atoms with van der Waals surface area (Å²) in [5, 5.41) is 5.05. The van der Waals surface area contributed by atoms with Gasteiger partial charge in [-0.2, -0.15) is 4.31 Å². The molecule has 1 rings (SSSR count). The highest BCUT2D eigenvalue weighted by molar-refractivity contribution is 7.89. The molecular formula is C12H22N2O3S2. The van der Waals surface area contributed by atoms with Crippen molar-refractivity contribution in [2.24, 2.45) is 0 Å². The Morgan fingerprint density at radius 3 is 2.84 bits per heavy atom. The zero-order valence-electron chi connectivity index (χ0n) is 11.7. The van der Waals surface area contributed by atoms with Crippen LogP contribution in [0.4, 0.5) is 0 Å². The lowest BCUT2D eigenvalue weighted by molar-refractivity contribution is 0.185. The third-order valence-electron chi connectivity index (χ3n) is 2.72. The smallest absolute Gasteiger partial charge is 0.244 e. The van der Waals surface area contributed by atoms with Crippen molar-refractivity contribution in [3.63, 3.8) is 0 Å². The van der Waals surface area contributed by atoms with Crippen LogP contribution < -0.4 is 5.32 Å². The SMILES string of the molecule is CCCNCc1sccc1S(=O)(=O)N(C)CCOC. The van der Waals surface area contributed by atoms with Crippen molar-refractivity contribution in [3.8, 4) is 0 Å². The molecule has 1 aromatic rings. The molecule has 1 aromatic heterocycles. The van der Waals surface area contributed by atoms with E-state index in [1.807, 2.05) is 5.38 Å². The van der Waals surface area contributed by atoms with Gasteiger partial charge in [-0.15, -0.1) is 11.3 Å². The molecule has 0 spiro atoms. The number of nitrogens with zero attached hydrogens (tertiary/aromatic N) is 1. The summed E-state index contributed by atoms with van der Waals surface area (Å²) in [5.74, 6) is 0. The third-order valence-corrected chi connectivity index (χ3v) is 5.71. The Labute approximate surface area is 119 Å². The lowest BCUT2D eigenvalue weighted by Crippen LogP contribution is -2.30. The first-order valence-electron chi connectivity index (χ1n) is 6.26. The monoisotopic (exact) mass is 306 g/mol. The zero-order valence-corrected chi connectivity index (χ0v) is 13.3. The molecule has 0 fully saturated rings. The molecule has 110 valence electrons. The standard InChI is InChI=1S/C12H22N2O3S2/c1-4-6-13-10-11-12(5-9-18-11)19(15,16)14(2)7-8-17-3/h5,9,13H,4,6-8,10H2,1-3H3. The van der Waals surface area contributed by atoms with Gasteiger partial charge in [-0.25, -0.2) is 8.42 Å². The predicted molar refractivity (Wildman–Crippen MR) is 78.0 cm³/mol. The molecule has 0 atom stereocenters.